The molecular formula is C18H20N4O2. The SMILES string of the molecule is COC(=O)Cc1cc(NCCCn2ccnc2)c2ccccc2n1. The fraction of sp³-hybridized carbons (Fsp3) is 0.278. The standard InChI is InChI=1S/C18H20N4O2/c1-24-18(23)12-14-11-17(15-5-2-3-6-16(15)21-14)20-7-4-9-22-10-8-19-13-22/h2-3,5-6,8,10-11,13H,4,7,9,12H2,1H3,(H,20,21). The monoisotopic (exact) mass is 324 g/mol. The minimum atomic E-state index is -0.288. The second-order valence-electron chi connectivity index (χ2n) is 5.51. The number of carbonyl (C=O) groups excluding carboxylic acids is 1. The van der Waals surface area contributed by atoms with Gasteiger partial charge < -0.3 is 14.6 Å². The van der Waals surface area contributed by atoms with Crippen molar-refractivity contribution in [3.8, 4) is 0 Å². The average Bonchev–Trinajstić information content (AvgIpc) is 3.12. The predicted octanol–water partition coefficient (Wildman–Crippen LogP) is 2.65. The van der Waals surface area contributed by atoms with E-state index in [9.17, 15) is 4.79 Å². The highest BCUT2D eigenvalue weighted by Gasteiger charge is 2.09. The van der Waals surface area contributed by atoms with Crippen LogP contribution in [0.4, 0.5) is 5.69 Å². The molecule has 1 N–H and O–H groups in total. The molecule has 0 fully saturated rings. The zero-order valence-electron chi connectivity index (χ0n) is 13.6. The van der Waals surface area contributed by atoms with Crippen LogP contribution in [0.1, 0.15) is 12.1 Å². The van der Waals surface area contributed by atoms with Gasteiger partial charge in [0, 0.05) is 36.6 Å². The summed E-state index contributed by atoms with van der Waals surface area (Å²) in [6.07, 6.45) is 6.69. The molecule has 0 aliphatic rings. The van der Waals surface area contributed by atoms with Crippen molar-refractivity contribution in [2.45, 2.75) is 19.4 Å². The molecule has 0 saturated heterocycles. The van der Waals surface area contributed by atoms with E-state index in [1.807, 2.05) is 42.9 Å². The Morgan fingerprint density at radius 2 is 2.21 bits per heavy atom. The molecule has 6 nitrogen and oxygen atoms in total. The summed E-state index contributed by atoms with van der Waals surface area (Å²) >= 11 is 0. The maximum Gasteiger partial charge on any atom is 0.311 e. The molecule has 2 aromatic heterocycles. The number of pyridine rings is 1. The van der Waals surface area contributed by atoms with Crippen molar-refractivity contribution in [3.05, 3.63) is 54.7 Å². The normalized spacial score (nSPS) is 10.7. The van der Waals surface area contributed by atoms with Crippen LogP contribution in [0, 0.1) is 0 Å². The molecule has 3 aromatic rings. The van der Waals surface area contributed by atoms with Gasteiger partial charge in [0.1, 0.15) is 0 Å². The Labute approximate surface area is 140 Å². The number of aromatic nitrogens is 3. The van der Waals surface area contributed by atoms with Gasteiger partial charge in [-0.15, -0.1) is 0 Å². The summed E-state index contributed by atoms with van der Waals surface area (Å²) in [5.74, 6) is -0.288. The number of benzene rings is 1. The maximum absolute atomic E-state index is 11.5. The van der Waals surface area contributed by atoms with Gasteiger partial charge in [-0.05, 0) is 18.6 Å². The third-order valence-corrected chi connectivity index (χ3v) is 3.79. The van der Waals surface area contributed by atoms with Gasteiger partial charge in [-0.3, -0.25) is 9.78 Å². The van der Waals surface area contributed by atoms with Crippen molar-refractivity contribution in [1.29, 1.82) is 0 Å². The van der Waals surface area contributed by atoms with E-state index in [-0.39, 0.29) is 12.4 Å². The summed E-state index contributed by atoms with van der Waals surface area (Å²) in [5.41, 5.74) is 2.57. The number of methoxy groups -OCH3 is 1. The van der Waals surface area contributed by atoms with E-state index in [4.69, 9.17) is 4.74 Å². The molecule has 0 unspecified atom stereocenters. The second kappa shape index (κ2) is 7.59. The van der Waals surface area contributed by atoms with Crippen LogP contribution in [-0.4, -0.2) is 34.2 Å². The first-order chi connectivity index (χ1) is 11.8. The first-order valence-electron chi connectivity index (χ1n) is 7.91. The lowest BCUT2D eigenvalue weighted by atomic mass is 10.1. The van der Waals surface area contributed by atoms with Crippen LogP contribution in [0.2, 0.25) is 0 Å². The summed E-state index contributed by atoms with van der Waals surface area (Å²) in [6.45, 7) is 1.73. The number of para-hydroxylation sites is 1. The molecule has 0 aliphatic carbocycles. The van der Waals surface area contributed by atoms with Crippen molar-refractivity contribution in [2.75, 3.05) is 19.0 Å². The van der Waals surface area contributed by atoms with E-state index in [0.29, 0.717) is 5.69 Å². The number of rotatable bonds is 7. The highest BCUT2D eigenvalue weighted by Crippen LogP contribution is 2.23. The molecule has 0 radical (unpaired) electrons. The number of hydrogen-bond acceptors (Lipinski definition) is 5. The lowest BCUT2D eigenvalue weighted by molar-refractivity contribution is -0.139. The Balaban J connectivity index is 1.73. The number of ether oxygens (including phenoxy) is 1. The summed E-state index contributed by atoms with van der Waals surface area (Å²) in [7, 11) is 1.39. The fourth-order valence-electron chi connectivity index (χ4n) is 2.59. The molecule has 124 valence electrons. The molecule has 3 rings (SSSR count). The zero-order valence-corrected chi connectivity index (χ0v) is 13.6. The van der Waals surface area contributed by atoms with Crippen LogP contribution >= 0.6 is 0 Å². The molecule has 1 aromatic carbocycles. The van der Waals surface area contributed by atoms with Gasteiger partial charge >= 0.3 is 5.97 Å². The lowest BCUT2D eigenvalue weighted by Gasteiger charge is -2.12. The van der Waals surface area contributed by atoms with E-state index in [1.165, 1.54) is 7.11 Å². The second-order valence-corrected chi connectivity index (χ2v) is 5.51. The van der Waals surface area contributed by atoms with Crippen molar-refractivity contribution >= 4 is 22.6 Å². The number of carbonyl (C=O) groups is 1. The number of nitrogens with one attached hydrogen (secondary N) is 1. The van der Waals surface area contributed by atoms with Gasteiger partial charge in [-0.25, -0.2) is 4.98 Å². The van der Waals surface area contributed by atoms with Crippen LogP contribution in [0.15, 0.2) is 49.1 Å². The Bertz CT molecular complexity index is 815. The first kappa shape index (κ1) is 16.0. The van der Waals surface area contributed by atoms with Crippen molar-refractivity contribution in [2.24, 2.45) is 0 Å². The largest absolute Gasteiger partial charge is 0.469 e. The highest BCUT2D eigenvalue weighted by atomic mass is 16.5. The molecule has 6 heteroatoms. The minimum Gasteiger partial charge on any atom is -0.469 e. The van der Waals surface area contributed by atoms with Gasteiger partial charge in [-0.1, -0.05) is 18.2 Å². The van der Waals surface area contributed by atoms with E-state index < -0.39 is 0 Å². The Hall–Kier alpha value is -2.89. The summed E-state index contributed by atoms with van der Waals surface area (Å²) in [6, 6.07) is 9.84. The quantitative estimate of drug-likeness (QED) is 0.534. The van der Waals surface area contributed by atoms with Gasteiger partial charge in [0.2, 0.25) is 0 Å². The topological polar surface area (TPSA) is 69.0 Å². The number of esters is 1. The average molecular weight is 324 g/mol. The Kier molecular flexibility index (Phi) is 5.05. The fourth-order valence-corrected chi connectivity index (χ4v) is 2.59. The number of imidazole rings is 1. The summed E-state index contributed by atoms with van der Waals surface area (Å²) in [5, 5.41) is 4.51. The molecule has 0 aliphatic heterocycles. The number of fused-ring (bicyclic) bond motifs is 1. The molecule has 0 spiro atoms. The highest BCUT2D eigenvalue weighted by molar-refractivity contribution is 5.92. The summed E-state index contributed by atoms with van der Waals surface area (Å²) in [4.78, 5) is 20.1. The molecule has 24 heavy (non-hydrogen) atoms. The minimum absolute atomic E-state index is 0.172. The molecule has 0 saturated carbocycles. The van der Waals surface area contributed by atoms with Crippen molar-refractivity contribution in [1.82, 2.24) is 14.5 Å². The van der Waals surface area contributed by atoms with Gasteiger partial charge in [0.05, 0.1) is 31.1 Å². The molecule has 0 atom stereocenters. The van der Waals surface area contributed by atoms with E-state index in [2.05, 4.69) is 19.9 Å². The van der Waals surface area contributed by atoms with E-state index in [1.54, 1.807) is 6.20 Å². The van der Waals surface area contributed by atoms with Crippen LogP contribution in [0.5, 0.6) is 0 Å². The van der Waals surface area contributed by atoms with Crippen molar-refractivity contribution in [3.63, 3.8) is 0 Å². The predicted molar refractivity (Wildman–Crippen MR) is 92.8 cm³/mol. The first-order valence-corrected chi connectivity index (χ1v) is 7.91. The third-order valence-electron chi connectivity index (χ3n) is 3.79. The number of nitrogens with zero attached hydrogens (tertiary/aromatic N) is 3. The Morgan fingerprint density at radius 3 is 3.00 bits per heavy atom. The maximum atomic E-state index is 11.5. The molecule has 0 amide bonds. The van der Waals surface area contributed by atoms with Gasteiger partial charge in [0.25, 0.3) is 0 Å². The van der Waals surface area contributed by atoms with Gasteiger partial charge in [-0.2, -0.15) is 0 Å². The van der Waals surface area contributed by atoms with Crippen LogP contribution in [0.25, 0.3) is 10.9 Å². The third kappa shape index (κ3) is 3.90. The van der Waals surface area contributed by atoms with Crippen molar-refractivity contribution < 1.29 is 9.53 Å². The molecule has 0 bridgehead atoms. The van der Waals surface area contributed by atoms with Gasteiger partial charge in [0.15, 0.2) is 0 Å². The smallest absolute Gasteiger partial charge is 0.311 e. The Morgan fingerprint density at radius 1 is 1.33 bits per heavy atom. The van der Waals surface area contributed by atoms with Crippen LogP contribution in [-0.2, 0) is 22.5 Å². The van der Waals surface area contributed by atoms with E-state index >= 15 is 0 Å². The number of hydrogen-bond donors (Lipinski definition) is 1. The zero-order chi connectivity index (χ0) is 16.8. The lowest BCUT2D eigenvalue weighted by Crippen LogP contribution is -2.09. The number of aryl methyl sites for hydroxylation is 1. The van der Waals surface area contributed by atoms with Crippen LogP contribution in [0.3, 0.4) is 0 Å². The summed E-state index contributed by atoms with van der Waals surface area (Å²) < 4.78 is 6.79. The molecular weight excluding hydrogens is 304 g/mol. The molecule has 2 heterocycles. The van der Waals surface area contributed by atoms with Crippen LogP contribution < -0.4 is 5.32 Å². The number of anilines is 1. The van der Waals surface area contributed by atoms with E-state index in [0.717, 1.165) is 36.1 Å².